The summed E-state index contributed by atoms with van der Waals surface area (Å²) in [5.41, 5.74) is 1.39. The van der Waals surface area contributed by atoms with E-state index in [2.05, 4.69) is 10.3 Å². The molecular formula is C18H21FN2O3. The predicted octanol–water partition coefficient (Wildman–Crippen LogP) is 3.12. The zero-order chi connectivity index (χ0) is 17.1. The summed E-state index contributed by atoms with van der Waals surface area (Å²) in [5.74, 6) is -0.767. The van der Waals surface area contributed by atoms with E-state index in [0.29, 0.717) is 23.1 Å². The van der Waals surface area contributed by atoms with Gasteiger partial charge in [0, 0.05) is 24.0 Å². The normalized spacial score (nSPS) is 20.3. The van der Waals surface area contributed by atoms with Gasteiger partial charge in [0.1, 0.15) is 11.4 Å². The topological polar surface area (TPSA) is 71.5 Å². The van der Waals surface area contributed by atoms with Crippen molar-refractivity contribution < 1.29 is 19.0 Å². The van der Waals surface area contributed by atoms with Crippen LogP contribution in [0, 0.1) is 11.7 Å². The van der Waals surface area contributed by atoms with E-state index in [9.17, 15) is 14.3 Å². The van der Waals surface area contributed by atoms with E-state index in [0.717, 1.165) is 19.3 Å². The number of aromatic nitrogens is 1. The molecule has 1 aromatic heterocycles. The Bertz CT molecular complexity index is 750. The number of carbonyl (C=O) groups is 1. The van der Waals surface area contributed by atoms with Gasteiger partial charge in [-0.2, -0.15) is 0 Å². The van der Waals surface area contributed by atoms with Gasteiger partial charge >= 0.3 is 5.97 Å². The van der Waals surface area contributed by atoms with Crippen molar-refractivity contribution in [1.29, 1.82) is 0 Å². The Kier molecular flexibility index (Phi) is 4.94. The van der Waals surface area contributed by atoms with Gasteiger partial charge in [-0.05, 0) is 38.0 Å². The molecule has 5 nitrogen and oxygen atoms in total. The number of hydrogen-bond acceptors (Lipinski definition) is 5. The highest BCUT2D eigenvalue weighted by molar-refractivity contribution is 6.04. The van der Waals surface area contributed by atoms with Crippen LogP contribution in [-0.2, 0) is 4.74 Å². The van der Waals surface area contributed by atoms with Crippen LogP contribution >= 0.6 is 0 Å². The molecule has 0 bridgehead atoms. The fourth-order valence-corrected chi connectivity index (χ4v) is 3.21. The number of aliphatic hydroxyl groups excluding tert-OH is 1. The average molecular weight is 332 g/mol. The first kappa shape index (κ1) is 16.6. The lowest BCUT2D eigenvalue weighted by molar-refractivity contribution is 0.0527. The van der Waals surface area contributed by atoms with Crippen molar-refractivity contribution in [3.8, 4) is 0 Å². The van der Waals surface area contributed by atoms with E-state index >= 15 is 0 Å². The number of ether oxygens (including phenoxy) is 1. The van der Waals surface area contributed by atoms with Crippen molar-refractivity contribution in [3.63, 3.8) is 0 Å². The van der Waals surface area contributed by atoms with Gasteiger partial charge in [0.25, 0.3) is 0 Å². The zero-order valence-electron chi connectivity index (χ0n) is 13.6. The summed E-state index contributed by atoms with van der Waals surface area (Å²) in [6, 6.07) is 4.28. The molecule has 1 fully saturated rings. The van der Waals surface area contributed by atoms with Gasteiger partial charge in [-0.1, -0.05) is 6.42 Å². The number of esters is 1. The Morgan fingerprint density at radius 3 is 3.00 bits per heavy atom. The van der Waals surface area contributed by atoms with Gasteiger partial charge in [0.15, 0.2) is 0 Å². The molecule has 6 heteroatoms. The smallest absolute Gasteiger partial charge is 0.341 e. The first-order valence-electron chi connectivity index (χ1n) is 8.27. The number of anilines is 1. The third kappa shape index (κ3) is 3.33. The Morgan fingerprint density at radius 1 is 1.46 bits per heavy atom. The maximum absolute atomic E-state index is 13.7. The van der Waals surface area contributed by atoms with Crippen LogP contribution in [0.25, 0.3) is 10.9 Å². The molecule has 2 N–H and O–H groups in total. The van der Waals surface area contributed by atoms with Gasteiger partial charge in [-0.25, -0.2) is 9.18 Å². The predicted molar refractivity (Wildman–Crippen MR) is 89.5 cm³/mol. The van der Waals surface area contributed by atoms with Gasteiger partial charge in [0.05, 0.1) is 23.9 Å². The third-order valence-electron chi connectivity index (χ3n) is 4.49. The van der Waals surface area contributed by atoms with Crippen LogP contribution in [0.3, 0.4) is 0 Å². The number of nitrogens with one attached hydrogen (secondary N) is 1. The fourth-order valence-electron chi connectivity index (χ4n) is 3.21. The summed E-state index contributed by atoms with van der Waals surface area (Å²) < 4.78 is 18.8. The van der Waals surface area contributed by atoms with Crippen LogP contribution in [0.1, 0.15) is 36.5 Å². The molecule has 1 aliphatic rings. The molecule has 2 atom stereocenters. The van der Waals surface area contributed by atoms with E-state index in [4.69, 9.17) is 4.74 Å². The molecule has 0 radical (unpaired) electrons. The minimum atomic E-state index is -0.495. The van der Waals surface area contributed by atoms with Gasteiger partial charge < -0.3 is 15.2 Å². The molecule has 0 spiro atoms. The number of benzene rings is 1. The van der Waals surface area contributed by atoms with Gasteiger partial charge in [0.2, 0.25) is 0 Å². The molecule has 2 unspecified atom stereocenters. The molecule has 1 saturated carbocycles. The minimum Gasteiger partial charge on any atom is -0.462 e. The molecule has 1 aliphatic carbocycles. The van der Waals surface area contributed by atoms with Crippen LogP contribution in [0.5, 0.6) is 0 Å². The summed E-state index contributed by atoms with van der Waals surface area (Å²) in [7, 11) is 0. The van der Waals surface area contributed by atoms with Crippen LogP contribution in [-0.4, -0.2) is 35.3 Å². The number of pyridine rings is 1. The number of aliphatic hydroxyl groups is 1. The lowest BCUT2D eigenvalue weighted by Gasteiger charge is -2.19. The third-order valence-corrected chi connectivity index (χ3v) is 4.49. The second kappa shape index (κ2) is 7.13. The summed E-state index contributed by atoms with van der Waals surface area (Å²) >= 11 is 0. The fraction of sp³-hybridized carbons (Fsp3) is 0.444. The van der Waals surface area contributed by atoms with E-state index in [1.54, 1.807) is 13.0 Å². The molecule has 24 heavy (non-hydrogen) atoms. The van der Waals surface area contributed by atoms with Gasteiger partial charge in [-0.3, -0.25) is 4.98 Å². The SMILES string of the molecule is CCOC(=O)c1cnc2ccc(F)cc2c1NCC1CCCC1O. The van der Waals surface area contributed by atoms with E-state index < -0.39 is 11.8 Å². The summed E-state index contributed by atoms with van der Waals surface area (Å²) in [4.78, 5) is 16.4. The second-order valence-electron chi connectivity index (χ2n) is 6.07. The standard InChI is InChI=1S/C18H21FN2O3/c1-2-24-18(23)14-10-20-15-7-6-12(19)8-13(15)17(14)21-9-11-4-3-5-16(11)22/h6-8,10-11,16,22H,2-5,9H2,1H3,(H,20,21). The maximum atomic E-state index is 13.7. The van der Waals surface area contributed by atoms with E-state index in [1.807, 2.05) is 0 Å². The Balaban J connectivity index is 1.98. The zero-order valence-corrected chi connectivity index (χ0v) is 13.6. The van der Waals surface area contributed by atoms with Crippen LogP contribution in [0.2, 0.25) is 0 Å². The molecule has 2 aromatic rings. The number of nitrogens with zero attached hydrogens (tertiary/aromatic N) is 1. The number of halogens is 1. The summed E-state index contributed by atoms with van der Waals surface area (Å²) in [5, 5.41) is 13.7. The highest BCUT2D eigenvalue weighted by atomic mass is 19.1. The monoisotopic (exact) mass is 332 g/mol. The maximum Gasteiger partial charge on any atom is 0.341 e. The van der Waals surface area contributed by atoms with E-state index in [-0.39, 0.29) is 24.2 Å². The first-order valence-corrected chi connectivity index (χ1v) is 8.27. The quantitative estimate of drug-likeness (QED) is 0.823. The van der Waals surface area contributed by atoms with E-state index in [1.165, 1.54) is 18.3 Å². The number of hydrogen-bond donors (Lipinski definition) is 2. The highest BCUT2D eigenvalue weighted by Crippen LogP contribution is 2.30. The lowest BCUT2D eigenvalue weighted by atomic mass is 10.0. The van der Waals surface area contributed by atoms with Crippen molar-refractivity contribution in [3.05, 3.63) is 35.8 Å². The van der Waals surface area contributed by atoms with Crippen molar-refractivity contribution in [2.45, 2.75) is 32.3 Å². The Labute approximate surface area is 139 Å². The Hall–Kier alpha value is -2.21. The van der Waals surface area contributed by atoms with Crippen molar-refractivity contribution in [2.75, 3.05) is 18.5 Å². The van der Waals surface area contributed by atoms with Crippen LogP contribution in [0.4, 0.5) is 10.1 Å². The molecule has 128 valence electrons. The molecule has 1 aromatic carbocycles. The lowest BCUT2D eigenvalue weighted by Crippen LogP contribution is -2.23. The summed E-state index contributed by atoms with van der Waals surface area (Å²) in [6.45, 7) is 2.50. The molecule has 1 heterocycles. The second-order valence-corrected chi connectivity index (χ2v) is 6.07. The van der Waals surface area contributed by atoms with Crippen LogP contribution in [0.15, 0.2) is 24.4 Å². The Morgan fingerprint density at radius 2 is 2.29 bits per heavy atom. The average Bonchev–Trinajstić information content (AvgIpc) is 2.97. The first-order chi connectivity index (χ1) is 11.6. The van der Waals surface area contributed by atoms with Crippen LogP contribution < -0.4 is 5.32 Å². The highest BCUT2D eigenvalue weighted by Gasteiger charge is 2.26. The number of rotatable bonds is 5. The summed E-state index contributed by atoms with van der Waals surface area (Å²) in [6.07, 6.45) is 3.83. The minimum absolute atomic E-state index is 0.122. The number of carbonyl (C=O) groups excluding carboxylic acids is 1. The molecular weight excluding hydrogens is 311 g/mol. The van der Waals surface area contributed by atoms with Crippen molar-refractivity contribution in [2.24, 2.45) is 5.92 Å². The van der Waals surface area contributed by atoms with Crippen molar-refractivity contribution in [1.82, 2.24) is 4.98 Å². The molecule has 0 saturated heterocycles. The number of fused-ring (bicyclic) bond motifs is 1. The largest absolute Gasteiger partial charge is 0.462 e. The molecule has 3 rings (SSSR count). The van der Waals surface area contributed by atoms with Gasteiger partial charge in [-0.15, -0.1) is 0 Å². The van der Waals surface area contributed by atoms with Crippen molar-refractivity contribution >= 4 is 22.6 Å². The molecule has 0 aliphatic heterocycles. The molecule has 0 amide bonds.